The van der Waals surface area contributed by atoms with Gasteiger partial charge < -0.3 is 25.0 Å². The van der Waals surface area contributed by atoms with Crippen molar-refractivity contribution in [3.8, 4) is 0 Å². The lowest BCUT2D eigenvalue weighted by Crippen LogP contribution is -2.58. The van der Waals surface area contributed by atoms with Gasteiger partial charge in [-0.25, -0.2) is 22.4 Å². The van der Waals surface area contributed by atoms with Gasteiger partial charge in [0.1, 0.15) is 35.1 Å². The first-order valence-electron chi connectivity index (χ1n) is 16.5. The molecule has 2 aliphatic heterocycles. The molecule has 1 aromatic rings. The lowest BCUT2D eigenvalue weighted by atomic mass is 10.0. The van der Waals surface area contributed by atoms with E-state index in [1.54, 1.807) is 26.8 Å². The summed E-state index contributed by atoms with van der Waals surface area (Å²) in [5.41, 5.74) is -2.83. The van der Waals surface area contributed by atoms with E-state index in [1.165, 1.54) is 11.0 Å². The van der Waals surface area contributed by atoms with Crippen molar-refractivity contribution >= 4 is 51.4 Å². The van der Waals surface area contributed by atoms with E-state index < -0.39 is 91.7 Å². The van der Waals surface area contributed by atoms with Crippen LogP contribution in [0.25, 0.3) is 0 Å². The number of hydrogen-bond acceptors (Lipinski definition) is 9. The molecule has 3 N–H and O–H groups in total. The Bertz CT molecular complexity index is 1640. The molecule has 2 saturated carbocycles. The molecule has 0 bridgehead atoms. The number of benzene rings is 1. The number of rotatable bonds is 6. The van der Waals surface area contributed by atoms with Gasteiger partial charge in [-0.3, -0.25) is 19.1 Å². The van der Waals surface area contributed by atoms with Gasteiger partial charge >= 0.3 is 12.1 Å². The number of carbonyl (C=O) groups excluding carboxylic acids is 5. The summed E-state index contributed by atoms with van der Waals surface area (Å²) in [7, 11) is -3.93. The zero-order valence-corrected chi connectivity index (χ0v) is 29.2. The Morgan fingerprint density at radius 1 is 1.10 bits per heavy atom. The van der Waals surface area contributed by atoms with Crippen molar-refractivity contribution in [2.45, 2.75) is 113 Å². The lowest BCUT2D eigenvalue weighted by Gasteiger charge is -2.30. The number of halogens is 2. The third kappa shape index (κ3) is 8.91. The second-order valence-electron chi connectivity index (χ2n) is 14.1. The summed E-state index contributed by atoms with van der Waals surface area (Å²) in [5.74, 6) is -4.73. The van der Waals surface area contributed by atoms with Gasteiger partial charge in [0, 0.05) is 17.4 Å². The van der Waals surface area contributed by atoms with E-state index in [2.05, 4.69) is 15.4 Å². The van der Waals surface area contributed by atoms with E-state index in [-0.39, 0.29) is 30.8 Å². The van der Waals surface area contributed by atoms with Gasteiger partial charge in [0.05, 0.1) is 17.4 Å². The highest BCUT2D eigenvalue weighted by atomic mass is 35.5. The average molecular weight is 725 g/mol. The molecule has 2 aliphatic carbocycles. The Morgan fingerprint density at radius 3 is 2.51 bits per heavy atom. The van der Waals surface area contributed by atoms with Crippen LogP contribution in [0.1, 0.15) is 88.9 Å². The van der Waals surface area contributed by atoms with Gasteiger partial charge in [-0.15, -0.1) is 0 Å². The van der Waals surface area contributed by atoms with Gasteiger partial charge in [-0.1, -0.05) is 36.6 Å². The lowest BCUT2D eigenvalue weighted by molar-refractivity contribution is -0.141. The molecule has 268 valence electrons. The SMILES string of the molecule is CC(C)(C)OC(=O)N[C@H]1CCCCC/C=C\[C@H]2C[C@@]2(C(=O)NS(=O)(=O)C2CC2)NC(=O)[C@@H]2C[C@@H](OC(=O)c3ccc(Cl)cc3F)CN2C1=O. The van der Waals surface area contributed by atoms with Crippen molar-refractivity contribution in [3.05, 3.63) is 46.8 Å². The number of hydrogen-bond donors (Lipinski definition) is 3. The standard InChI is InChI=1S/C33H42ClFN4O9S/c1-32(2,3)48-31(44)36-25-10-8-6-4-5-7-9-19-17-33(19,30(43)38-49(45,46)22-12-13-22)37-27(40)26-16-21(18-39(26)28(25)41)47-29(42)23-14-11-20(34)15-24(23)35/h7,9,11,14-15,19,21-22,25-26H,4-6,8,10,12-13,16-18H2,1-3H3,(H,36,44)(H,37,40)(H,38,43)/b9-7-/t19-,21+,25-,26-,33+/m0/s1. The molecular weight excluding hydrogens is 683 g/mol. The molecule has 4 amide bonds. The minimum absolute atomic E-state index is 0.0720. The van der Waals surface area contributed by atoms with Crippen LogP contribution in [0.2, 0.25) is 5.02 Å². The van der Waals surface area contributed by atoms with Crippen molar-refractivity contribution in [3.63, 3.8) is 0 Å². The van der Waals surface area contributed by atoms with Gasteiger partial charge in [-0.05, 0) is 77.5 Å². The van der Waals surface area contributed by atoms with Crippen molar-refractivity contribution in [2.75, 3.05) is 6.54 Å². The Morgan fingerprint density at radius 2 is 1.84 bits per heavy atom. The number of alkyl carbamates (subject to hydrolysis) is 1. The van der Waals surface area contributed by atoms with Crippen LogP contribution in [-0.4, -0.2) is 84.2 Å². The fourth-order valence-corrected chi connectivity index (χ4v) is 7.69. The third-order valence-corrected chi connectivity index (χ3v) is 11.0. The fourth-order valence-electron chi connectivity index (χ4n) is 6.17. The van der Waals surface area contributed by atoms with Crippen LogP contribution >= 0.6 is 11.6 Å². The molecule has 1 saturated heterocycles. The number of nitrogens with zero attached hydrogens (tertiary/aromatic N) is 1. The first-order valence-corrected chi connectivity index (χ1v) is 18.4. The molecule has 0 aromatic heterocycles. The van der Waals surface area contributed by atoms with Gasteiger partial charge in [0.15, 0.2) is 0 Å². The summed E-state index contributed by atoms with van der Waals surface area (Å²) in [6, 6.07) is 1.03. The zero-order chi connectivity index (χ0) is 35.7. The van der Waals surface area contributed by atoms with E-state index >= 15 is 0 Å². The molecule has 13 nitrogen and oxygen atoms in total. The van der Waals surface area contributed by atoms with Gasteiger partial charge in [0.2, 0.25) is 21.8 Å². The molecule has 4 aliphatic rings. The quantitative estimate of drug-likeness (QED) is 0.293. The van der Waals surface area contributed by atoms with Crippen molar-refractivity contribution in [2.24, 2.45) is 5.92 Å². The van der Waals surface area contributed by atoms with Crippen LogP contribution < -0.4 is 15.4 Å². The van der Waals surface area contributed by atoms with Crippen LogP contribution in [0.3, 0.4) is 0 Å². The summed E-state index contributed by atoms with van der Waals surface area (Å²) in [4.78, 5) is 68.7. The minimum Gasteiger partial charge on any atom is -0.457 e. The van der Waals surface area contributed by atoms with E-state index in [1.807, 2.05) is 6.08 Å². The summed E-state index contributed by atoms with van der Waals surface area (Å²) < 4.78 is 53.0. The number of ether oxygens (including phenoxy) is 2. The summed E-state index contributed by atoms with van der Waals surface area (Å²) in [6.45, 7) is 4.75. The van der Waals surface area contributed by atoms with Crippen LogP contribution in [0.5, 0.6) is 0 Å². The molecular formula is C33H42ClFN4O9S. The van der Waals surface area contributed by atoms with E-state index in [4.69, 9.17) is 21.1 Å². The highest BCUT2D eigenvalue weighted by Gasteiger charge is 2.62. The minimum atomic E-state index is -3.93. The maximum absolute atomic E-state index is 14.5. The number of nitrogens with one attached hydrogen (secondary N) is 3. The van der Waals surface area contributed by atoms with Crippen LogP contribution in [0.4, 0.5) is 9.18 Å². The second-order valence-corrected chi connectivity index (χ2v) is 16.5. The molecule has 1 aromatic carbocycles. The first kappa shape index (κ1) is 36.6. The number of amides is 4. The molecule has 0 unspecified atom stereocenters. The zero-order valence-electron chi connectivity index (χ0n) is 27.6. The molecule has 0 spiro atoms. The molecule has 0 radical (unpaired) electrons. The largest absolute Gasteiger partial charge is 0.457 e. The summed E-state index contributed by atoms with van der Waals surface area (Å²) in [6.07, 6.45) is 5.43. The maximum Gasteiger partial charge on any atom is 0.408 e. The molecule has 2 heterocycles. The number of esters is 1. The van der Waals surface area contributed by atoms with E-state index in [0.29, 0.717) is 32.1 Å². The predicted molar refractivity (Wildman–Crippen MR) is 175 cm³/mol. The summed E-state index contributed by atoms with van der Waals surface area (Å²) >= 11 is 5.82. The maximum atomic E-state index is 14.5. The van der Waals surface area contributed by atoms with Crippen LogP contribution in [0.15, 0.2) is 30.4 Å². The summed E-state index contributed by atoms with van der Waals surface area (Å²) in [5, 5.41) is 4.76. The third-order valence-electron chi connectivity index (χ3n) is 8.96. The highest BCUT2D eigenvalue weighted by molar-refractivity contribution is 7.91. The van der Waals surface area contributed by atoms with Crippen molar-refractivity contribution < 1.29 is 46.3 Å². The Balaban J connectivity index is 1.43. The van der Waals surface area contributed by atoms with Crippen molar-refractivity contribution in [1.29, 1.82) is 0 Å². The van der Waals surface area contributed by atoms with E-state index in [9.17, 15) is 36.8 Å². The number of fused-ring (bicyclic) bond motifs is 2. The Hall–Kier alpha value is -3.72. The molecule has 16 heteroatoms. The fraction of sp³-hybridized carbons (Fsp3) is 0.606. The molecule has 3 fully saturated rings. The van der Waals surface area contributed by atoms with Gasteiger partial charge in [0.25, 0.3) is 5.91 Å². The van der Waals surface area contributed by atoms with E-state index in [0.717, 1.165) is 18.6 Å². The Labute approximate surface area is 289 Å². The normalized spacial score (nSPS) is 28.5. The monoisotopic (exact) mass is 724 g/mol. The van der Waals surface area contributed by atoms with Crippen LogP contribution in [0, 0.1) is 11.7 Å². The predicted octanol–water partition coefficient (Wildman–Crippen LogP) is 3.50. The smallest absolute Gasteiger partial charge is 0.408 e. The molecule has 5 atom stereocenters. The number of allylic oxidation sites excluding steroid dienone is 1. The molecule has 5 rings (SSSR count). The number of carbonyl (C=O) groups is 5. The van der Waals surface area contributed by atoms with Gasteiger partial charge in [-0.2, -0.15) is 0 Å². The topological polar surface area (TPSA) is 177 Å². The highest BCUT2D eigenvalue weighted by Crippen LogP contribution is 2.46. The second kappa shape index (κ2) is 14.3. The Kier molecular flexibility index (Phi) is 10.6. The van der Waals surface area contributed by atoms with Crippen molar-refractivity contribution in [1.82, 2.24) is 20.3 Å². The average Bonchev–Trinajstić information content (AvgIpc) is 3.91. The van der Waals surface area contributed by atoms with Crippen LogP contribution in [-0.2, 0) is 33.9 Å². The number of sulfonamides is 1. The first-order chi connectivity index (χ1) is 23.0. The molecule has 49 heavy (non-hydrogen) atoms.